The van der Waals surface area contributed by atoms with Gasteiger partial charge >= 0.3 is 0 Å². The number of hydrogen-bond acceptors (Lipinski definition) is 3. The fraction of sp³-hybridized carbons (Fsp3) is 0. The van der Waals surface area contributed by atoms with Crippen LogP contribution in [0.2, 0.25) is 0 Å². The van der Waals surface area contributed by atoms with Crippen LogP contribution in [0.5, 0.6) is 0 Å². The topological polar surface area (TPSA) is 35.6 Å². The fourth-order valence-corrected chi connectivity index (χ4v) is 11.9. The predicted octanol–water partition coefficient (Wildman–Crippen LogP) is 16.9. The molecular formula is C62H38N4S. The van der Waals surface area contributed by atoms with E-state index in [1.165, 1.54) is 69.8 Å². The van der Waals surface area contributed by atoms with Gasteiger partial charge in [-0.3, -0.25) is 4.57 Å². The Hall–Kier alpha value is -8.64. The molecule has 4 heterocycles. The van der Waals surface area contributed by atoms with Crippen molar-refractivity contribution in [2.24, 2.45) is 0 Å². The zero-order valence-corrected chi connectivity index (χ0v) is 37.0. The van der Waals surface area contributed by atoms with E-state index in [0.29, 0.717) is 5.95 Å². The van der Waals surface area contributed by atoms with Crippen molar-refractivity contribution in [3.8, 4) is 55.6 Å². The van der Waals surface area contributed by atoms with Gasteiger partial charge in [-0.25, -0.2) is 9.97 Å². The average molecular weight is 871 g/mol. The molecule has 0 atom stereocenters. The number of hydrogen-bond donors (Lipinski definition) is 0. The number of para-hydroxylation sites is 2. The van der Waals surface area contributed by atoms with Crippen LogP contribution in [-0.4, -0.2) is 19.1 Å². The number of aromatic nitrogens is 4. The quantitative estimate of drug-likeness (QED) is 0.167. The highest BCUT2D eigenvalue weighted by molar-refractivity contribution is 7.24. The first-order chi connectivity index (χ1) is 33.2. The Bertz CT molecular complexity index is 4240. The molecule has 0 bridgehead atoms. The van der Waals surface area contributed by atoms with Gasteiger partial charge in [-0.05, 0) is 87.6 Å². The Morgan fingerprint density at radius 3 is 1.76 bits per heavy atom. The van der Waals surface area contributed by atoms with Crippen molar-refractivity contribution in [3.05, 3.63) is 231 Å². The maximum absolute atomic E-state index is 5.67. The van der Waals surface area contributed by atoms with Crippen molar-refractivity contribution in [2.75, 3.05) is 0 Å². The summed E-state index contributed by atoms with van der Waals surface area (Å²) in [6.07, 6.45) is 0. The molecule has 0 aliphatic carbocycles. The van der Waals surface area contributed by atoms with Crippen LogP contribution in [0.25, 0.3) is 131 Å². The summed E-state index contributed by atoms with van der Waals surface area (Å²) >= 11 is 1.83. The van der Waals surface area contributed by atoms with E-state index in [1.807, 2.05) is 11.3 Å². The molecule has 0 N–H and O–H groups in total. The summed E-state index contributed by atoms with van der Waals surface area (Å²) in [6, 6.07) is 83.1. The third kappa shape index (κ3) is 5.85. The van der Waals surface area contributed by atoms with Crippen LogP contribution in [0.1, 0.15) is 0 Å². The van der Waals surface area contributed by atoms with Gasteiger partial charge in [0.2, 0.25) is 5.95 Å². The second kappa shape index (κ2) is 15.0. The first-order valence-corrected chi connectivity index (χ1v) is 23.6. The van der Waals surface area contributed by atoms with E-state index in [1.54, 1.807) is 0 Å². The van der Waals surface area contributed by atoms with Crippen LogP contribution in [0.15, 0.2) is 231 Å². The Labute approximate surface area is 389 Å². The second-order valence-corrected chi connectivity index (χ2v) is 18.3. The van der Waals surface area contributed by atoms with Gasteiger partial charge in [0.25, 0.3) is 0 Å². The van der Waals surface area contributed by atoms with Crippen LogP contribution in [0, 0.1) is 0 Å². The van der Waals surface area contributed by atoms with Gasteiger partial charge in [0.15, 0.2) is 0 Å². The zero-order valence-electron chi connectivity index (χ0n) is 36.1. The molecule has 4 aromatic heterocycles. The molecule has 0 saturated carbocycles. The zero-order chi connectivity index (χ0) is 44.0. The molecule has 5 heteroatoms. The van der Waals surface area contributed by atoms with Gasteiger partial charge in [0.05, 0.1) is 33.3 Å². The minimum absolute atomic E-state index is 0.643. The summed E-state index contributed by atoms with van der Waals surface area (Å²) in [5.41, 5.74) is 14.5. The number of fused-ring (bicyclic) bond motifs is 10. The van der Waals surface area contributed by atoms with Gasteiger partial charge in [0.1, 0.15) is 0 Å². The molecule has 4 nitrogen and oxygen atoms in total. The molecule has 312 valence electrons. The highest BCUT2D eigenvalue weighted by Crippen LogP contribution is 2.49. The van der Waals surface area contributed by atoms with Crippen molar-refractivity contribution in [1.82, 2.24) is 19.1 Å². The van der Waals surface area contributed by atoms with Crippen molar-refractivity contribution < 1.29 is 0 Å². The summed E-state index contributed by atoms with van der Waals surface area (Å²) < 4.78 is 5.86. The van der Waals surface area contributed by atoms with E-state index in [-0.39, 0.29) is 0 Å². The standard InChI is InChI=1S/C62H38N4S/c1-5-18-39(19-6-1)56-48-33-34-51-58(61(48)67-60(56)41-22-9-3-10-23-41)59(40-20-7-2-8-21-40)64-62(63-51)66-53-35-32-44(37-49(53)50-36-42-24-13-14-25-43(42)38-55(50)66)46-29-17-31-54-57(46)47-28-15-16-30-52(47)65(54)45-26-11-4-12-27-45/h1-38H. The van der Waals surface area contributed by atoms with E-state index in [9.17, 15) is 0 Å². The Morgan fingerprint density at radius 1 is 0.358 bits per heavy atom. The van der Waals surface area contributed by atoms with Crippen LogP contribution < -0.4 is 0 Å². The number of benzene rings is 10. The minimum Gasteiger partial charge on any atom is -0.309 e. The number of rotatable bonds is 6. The third-order valence-corrected chi connectivity index (χ3v) is 14.8. The molecule has 0 aliphatic heterocycles. The monoisotopic (exact) mass is 870 g/mol. The Balaban J connectivity index is 1.04. The smallest absolute Gasteiger partial charge is 0.235 e. The highest BCUT2D eigenvalue weighted by Gasteiger charge is 2.24. The molecule has 0 radical (unpaired) electrons. The molecule has 14 rings (SSSR count). The lowest BCUT2D eigenvalue weighted by atomic mass is 9.97. The molecule has 0 saturated heterocycles. The lowest BCUT2D eigenvalue weighted by Gasteiger charge is -2.13. The SMILES string of the molecule is c1ccc(-c2sc3c(ccc4nc(-n5c6ccc(-c7cccc8c7c7ccccc7n8-c7ccccc7)cc6c6cc7ccccc7cc65)nc(-c5ccccc5)c43)c2-c2ccccc2)cc1. The van der Waals surface area contributed by atoms with E-state index in [2.05, 4.69) is 240 Å². The van der Waals surface area contributed by atoms with E-state index < -0.39 is 0 Å². The van der Waals surface area contributed by atoms with Gasteiger partial charge in [-0.2, -0.15) is 0 Å². The first-order valence-electron chi connectivity index (χ1n) is 22.7. The summed E-state index contributed by atoms with van der Waals surface area (Å²) in [6.45, 7) is 0. The van der Waals surface area contributed by atoms with Gasteiger partial charge in [-0.15, -0.1) is 11.3 Å². The lowest BCUT2D eigenvalue weighted by Crippen LogP contribution is -2.03. The Morgan fingerprint density at radius 2 is 0.985 bits per heavy atom. The molecule has 0 spiro atoms. The van der Waals surface area contributed by atoms with E-state index in [0.717, 1.165) is 55.2 Å². The minimum atomic E-state index is 0.643. The van der Waals surface area contributed by atoms with Crippen molar-refractivity contribution >= 4 is 86.7 Å². The van der Waals surface area contributed by atoms with E-state index >= 15 is 0 Å². The molecule has 0 amide bonds. The van der Waals surface area contributed by atoms with Crippen LogP contribution in [-0.2, 0) is 0 Å². The van der Waals surface area contributed by atoms with Gasteiger partial charge in [-0.1, -0.05) is 176 Å². The third-order valence-electron chi connectivity index (χ3n) is 13.5. The highest BCUT2D eigenvalue weighted by atomic mass is 32.1. The van der Waals surface area contributed by atoms with Gasteiger partial charge in [0, 0.05) is 58.7 Å². The summed E-state index contributed by atoms with van der Waals surface area (Å²) in [5.74, 6) is 0.643. The van der Waals surface area contributed by atoms with E-state index in [4.69, 9.17) is 9.97 Å². The van der Waals surface area contributed by atoms with Crippen molar-refractivity contribution in [1.29, 1.82) is 0 Å². The van der Waals surface area contributed by atoms with Crippen molar-refractivity contribution in [2.45, 2.75) is 0 Å². The van der Waals surface area contributed by atoms with Gasteiger partial charge < -0.3 is 4.57 Å². The predicted molar refractivity (Wildman–Crippen MR) is 283 cm³/mol. The fourth-order valence-electron chi connectivity index (χ4n) is 10.6. The molecule has 67 heavy (non-hydrogen) atoms. The van der Waals surface area contributed by atoms with Crippen LogP contribution in [0.4, 0.5) is 0 Å². The first kappa shape index (κ1) is 37.7. The average Bonchev–Trinajstić information content (AvgIpc) is 4.06. The molecule has 0 aliphatic rings. The molecule has 0 fully saturated rings. The summed E-state index contributed by atoms with van der Waals surface area (Å²) in [4.78, 5) is 12.5. The maximum Gasteiger partial charge on any atom is 0.235 e. The molecule has 14 aromatic rings. The maximum atomic E-state index is 5.67. The Kier molecular flexibility index (Phi) is 8.42. The lowest BCUT2D eigenvalue weighted by molar-refractivity contribution is 1.02. The van der Waals surface area contributed by atoms with Crippen LogP contribution >= 0.6 is 11.3 Å². The molecule has 10 aromatic carbocycles. The number of nitrogens with zero attached hydrogens (tertiary/aromatic N) is 4. The van der Waals surface area contributed by atoms with Crippen molar-refractivity contribution in [3.63, 3.8) is 0 Å². The second-order valence-electron chi connectivity index (χ2n) is 17.3. The van der Waals surface area contributed by atoms with Crippen LogP contribution in [0.3, 0.4) is 0 Å². The number of thiophene rings is 1. The normalized spacial score (nSPS) is 11.9. The molecular weight excluding hydrogens is 833 g/mol. The molecule has 0 unspecified atom stereocenters. The summed E-state index contributed by atoms with van der Waals surface area (Å²) in [5, 5.41) is 9.42. The summed E-state index contributed by atoms with van der Waals surface area (Å²) in [7, 11) is 0. The largest absolute Gasteiger partial charge is 0.309 e.